The Morgan fingerprint density at radius 1 is 1.13 bits per heavy atom. The van der Waals surface area contributed by atoms with Gasteiger partial charge in [-0.25, -0.2) is 4.79 Å². The molecule has 5 nitrogen and oxygen atoms in total. The van der Waals surface area contributed by atoms with Gasteiger partial charge in [-0.15, -0.1) is 0 Å². The third-order valence-corrected chi connectivity index (χ3v) is 4.51. The molecule has 1 aromatic carbocycles. The van der Waals surface area contributed by atoms with E-state index in [2.05, 4.69) is 29.4 Å². The molecule has 0 unspecified atom stereocenters. The van der Waals surface area contributed by atoms with E-state index in [0.29, 0.717) is 13.1 Å². The van der Waals surface area contributed by atoms with E-state index >= 15 is 0 Å². The van der Waals surface area contributed by atoms with Crippen molar-refractivity contribution in [3.05, 3.63) is 29.8 Å². The van der Waals surface area contributed by atoms with E-state index in [1.165, 1.54) is 19.3 Å². The zero-order chi connectivity index (χ0) is 16.7. The van der Waals surface area contributed by atoms with Crippen molar-refractivity contribution in [2.75, 3.05) is 26.7 Å². The summed E-state index contributed by atoms with van der Waals surface area (Å²) < 4.78 is 5.12. The number of carbonyl (C=O) groups is 1. The summed E-state index contributed by atoms with van der Waals surface area (Å²) in [6, 6.07) is 7.59. The number of carbonyl (C=O) groups excluding carboxylic acids is 1. The largest absolute Gasteiger partial charge is 0.497 e. The predicted octanol–water partition coefficient (Wildman–Crippen LogP) is 2.76. The summed E-state index contributed by atoms with van der Waals surface area (Å²) in [6.07, 6.45) is 3.84. The van der Waals surface area contributed by atoms with Crippen LogP contribution in [0.25, 0.3) is 0 Å². The molecule has 1 aliphatic rings. The SMILES string of the molecule is COc1ccc(CNC(=O)NCC(C)(C)N2CCCCC2)cc1. The third-order valence-electron chi connectivity index (χ3n) is 4.51. The van der Waals surface area contributed by atoms with Crippen LogP contribution in [-0.2, 0) is 6.54 Å². The highest BCUT2D eigenvalue weighted by molar-refractivity contribution is 5.73. The Morgan fingerprint density at radius 3 is 2.39 bits per heavy atom. The topological polar surface area (TPSA) is 53.6 Å². The first-order valence-corrected chi connectivity index (χ1v) is 8.41. The lowest BCUT2D eigenvalue weighted by Gasteiger charge is -2.41. The molecule has 1 aliphatic heterocycles. The van der Waals surface area contributed by atoms with E-state index in [1.54, 1.807) is 7.11 Å². The molecule has 0 radical (unpaired) electrons. The van der Waals surface area contributed by atoms with Crippen molar-refractivity contribution in [2.45, 2.75) is 45.2 Å². The highest BCUT2D eigenvalue weighted by atomic mass is 16.5. The average Bonchev–Trinajstić information content (AvgIpc) is 2.59. The number of ether oxygens (including phenoxy) is 1. The molecule has 0 bridgehead atoms. The van der Waals surface area contributed by atoms with Gasteiger partial charge in [-0.2, -0.15) is 0 Å². The maximum Gasteiger partial charge on any atom is 0.315 e. The van der Waals surface area contributed by atoms with Gasteiger partial charge in [0.2, 0.25) is 0 Å². The molecule has 1 aromatic rings. The molecule has 128 valence electrons. The number of methoxy groups -OCH3 is 1. The molecule has 1 fully saturated rings. The molecule has 1 heterocycles. The van der Waals surface area contributed by atoms with Crippen LogP contribution in [0.3, 0.4) is 0 Å². The van der Waals surface area contributed by atoms with Crippen molar-refractivity contribution in [3.8, 4) is 5.75 Å². The van der Waals surface area contributed by atoms with E-state index in [1.807, 2.05) is 24.3 Å². The quantitative estimate of drug-likeness (QED) is 0.848. The van der Waals surface area contributed by atoms with Gasteiger partial charge in [-0.1, -0.05) is 18.6 Å². The van der Waals surface area contributed by atoms with E-state index in [-0.39, 0.29) is 11.6 Å². The number of nitrogens with one attached hydrogen (secondary N) is 2. The second kappa shape index (κ2) is 8.20. The minimum Gasteiger partial charge on any atom is -0.497 e. The first kappa shape index (κ1) is 17.6. The van der Waals surface area contributed by atoms with Crippen molar-refractivity contribution >= 4 is 6.03 Å². The molecule has 23 heavy (non-hydrogen) atoms. The summed E-state index contributed by atoms with van der Waals surface area (Å²) >= 11 is 0. The number of rotatable bonds is 6. The minimum atomic E-state index is -0.120. The highest BCUT2D eigenvalue weighted by Crippen LogP contribution is 2.19. The molecule has 2 amide bonds. The second-order valence-electron chi connectivity index (χ2n) is 6.74. The lowest BCUT2D eigenvalue weighted by atomic mass is 9.98. The maximum absolute atomic E-state index is 12.0. The van der Waals surface area contributed by atoms with Crippen molar-refractivity contribution < 1.29 is 9.53 Å². The first-order chi connectivity index (χ1) is 11.0. The van der Waals surface area contributed by atoms with Gasteiger partial charge in [0.1, 0.15) is 5.75 Å². The first-order valence-electron chi connectivity index (χ1n) is 8.41. The molecule has 0 aromatic heterocycles. The minimum absolute atomic E-state index is 0.00211. The number of benzene rings is 1. The van der Waals surface area contributed by atoms with Crippen molar-refractivity contribution in [1.82, 2.24) is 15.5 Å². The van der Waals surface area contributed by atoms with Crippen LogP contribution < -0.4 is 15.4 Å². The van der Waals surface area contributed by atoms with Gasteiger partial charge in [-0.3, -0.25) is 4.90 Å². The zero-order valence-corrected chi connectivity index (χ0v) is 14.5. The summed E-state index contributed by atoms with van der Waals surface area (Å²) in [6.45, 7) is 7.82. The molecule has 1 saturated heterocycles. The Bertz CT molecular complexity index is 493. The Labute approximate surface area is 139 Å². The molecule has 0 saturated carbocycles. The molecule has 0 atom stereocenters. The smallest absolute Gasteiger partial charge is 0.315 e. The highest BCUT2D eigenvalue weighted by Gasteiger charge is 2.28. The number of hydrogen-bond acceptors (Lipinski definition) is 3. The fraction of sp³-hybridized carbons (Fsp3) is 0.611. The third kappa shape index (κ3) is 5.43. The van der Waals surface area contributed by atoms with E-state index in [0.717, 1.165) is 24.4 Å². The van der Waals surface area contributed by atoms with Gasteiger partial charge >= 0.3 is 6.03 Å². The zero-order valence-electron chi connectivity index (χ0n) is 14.5. The number of hydrogen-bond donors (Lipinski definition) is 2. The monoisotopic (exact) mass is 319 g/mol. The van der Waals surface area contributed by atoms with Crippen LogP contribution in [0, 0.1) is 0 Å². The Morgan fingerprint density at radius 2 is 1.78 bits per heavy atom. The predicted molar refractivity (Wildman–Crippen MR) is 92.7 cm³/mol. The number of nitrogens with zero attached hydrogens (tertiary/aromatic N) is 1. The number of likely N-dealkylation sites (tertiary alicyclic amines) is 1. The molecule has 2 N–H and O–H groups in total. The van der Waals surface area contributed by atoms with Crippen molar-refractivity contribution in [2.24, 2.45) is 0 Å². The van der Waals surface area contributed by atoms with Crippen LogP contribution in [0.4, 0.5) is 4.79 Å². The van der Waals surface area contributed by atoms with Crippen LogP contribution >= 0.6 is 0 Å². The van der Waals surface area contributed by atoms with Crippen molar-refractivity contribution in [1.29, 1.82) is 0 Å². The number of amides is 2. The lowest BCUT2D eigenvalue weighted by molar-refractivity contribution is 0.0960. The van der Waals surface area contributed by atoms with Gasteiger partial charge in [0.15, 0.2) is 0 Å². The van der Waals surface area contributed by atoms with Crippen LogP contribution in [0.1, 0.15) is 38.7 Å². The van der Waals surface area contributed by atoms with Gasteiger partial charge < -0.3 is 15.4 Å². The van der Waals surface area contributed by atoms with Crippen LogP contribution in [0.2, 0.25) is 0 Å². The molecular weight excluding hydrogens is 290 g/mol. The Kier molecular flexibility index (Phi) is 6.28. The second-order valence-corrected chi connectivity index (χ2v) is 6.74. The van der Waals surface area contributed by atoms with Gasteiger partial charge in [0.25, 0.3) is 0 Å². The van der Waals surface area contributed by atoms with Gasteiger partial charge in [0.05, 0.1) is 7.11 Å². The van der Waals surface area contributed by atoms with E-state index in [4.69, 9.17) is 4.74 Å². The summed E-state index contributed by atoms with van der Waals surface area (Å²) in [4.78, 5) is 14.5. The summed E-state index contributed by atoms with van der Waals surface area (Å²) in [5, 5.41) is 5.90. The fourth-order valence-electron chi connectivity index (χ4n) is 2.90. The van der Waals surface area contributed by atoms with Crippen molar-refractivity contribution in [3.63, 3.8) is 0 Å². The van der Waals surface area contributed by atoms with Gasteiger partial charge in [-0.05, 0) is 57.5 Å². The molecular formula is C18H29N3O2. The standard InChI is InChI=1S/C18H29N3O2/c1-18(2,21-11-5-4-6-12-21)14-20-17(22)19-13-15-7-9-16(23-3)10-8-15/h7-10H,4-6,11-14H2,1-3H3,(H2,19,20,22). The van der Waals surface area contributed by atoms with Crippen LogP contribution in [0.5, 0.6) is 5.75 Å². The van der Waals surface area contributed by atoms with Crippen LogP contribution in [-0.4, -0.2) is 43.2 Å². The summed E-state index contributed by atoms with van der Waals surface area (Å²) in [7, 11) is 1.64. The van der Waals surface area contributed by atoms with E-state index in [9.17, 15) is 4.79 Å². The maximum atomic E-state index is 12.0. The fourth-order valence-corrected chi connectivity index (χ4v) is 2.90. The molecule has 2 rings (SSSR count). The van der Waals surface area contributed by atoms with Crippen LogP contribution in [0.15, 0.2) is 24.3 Å². The van der Waals surface area contributed by atoms with E-state index < -0.39 is 0 Å². The number of piperidine rings is 1. The summed E-state index contributed by atoms with van der Waals surface area (Å²) in [5.41, 5.74) is 1.05. The normalized spacial score (nSPS) is 16.0. The average molecular weight is 319 g/mol. The Hall–Kier alpha value is -1.75. The molecule has 5 heteroatoms. The molecule has 0 aliphatic carbocycles. The Balaban J connectivity index is 1.73. The van der Waals surface area contributed by atoms with Gasteiger partial charge in [0, 0.05) is 18.6 Å². The molecule has 0 spiro atoms. The summed E-state index contributed by atoms with van der Waals surface area (Å²) in [5.74, 6) is 0.821. The number of urea groups is 1. The lowest BCUT2D eigenvalue weighted by Crippen LogP contribution is -2.54.